The quantitative estimate of drug-likeness (QED) is 0.0922. The van der Waals surface area contributed by atoms with Crippen LogP contribution in [0.4, 0.5) is 0 Å². The molecule has 2 atom stereocenters. The van der Waals surface area contributed by atoms with Gasteiger partial charge in [-0.25, -0.2) is 0 Å². The minimum absolute atomic E-state index is 0.0689. The Labute approximate surface area is 406 Å². The molecule has 0 saturated heterocycles. The van der Waals surface area contributed by atoms with E-state index in [1.807, 2.05) is 6.07 Å². The largest absolute Gasteiger partial charge is 0.398 e. The molecule has 0 bridgehead atoms. The SMILES string of the molecule is N/C(=C1/C=CC=CC1NCc1ccc(-c2ccccc2)cc1)c1ccc2c(c1)C(c1ccccc1)(c1ccccc1)c1cc(/C(NC(N)c3ccc(-c4ccccc4)cc3)=C3\C=CC=CC3)ccc1-2. The summed E-state index contributed by atoms with van der Waals surface area (Å²) in [4.78, 5) is 0. The summed E-state index contributed by atoms with van der Waals surface area (Å²) in [6, 6.07) is 74.0. The average Bonchev–Trinajstić information content (AvgIpc) is 3.72. The molecule has 334 valence electrons. The lowest BCUT2D eigenvalue weighted by molar-refractivity contribution is 0.658. The number of fused-ring (bicyclic) bond motifs is 3. The number of benzene rings is 8. The second-order valence-corrected chi connectivity index (χ2v) is 18.0. The Morgan fingerprint density at radius 3 is 1.64 bits per heavy atom. The Hall–Kier alpha value is -8.28. The minimum atomic E-state index is -0.663. The average molecular weight is 891 g/mol. The van der Waals surface area contributed by atoms with Crippen LogP contribution in [-0.4, -0.2) is 6.04 Å². The van der Waals surface area contributed by atoms with Crippen molar-refractivity contribution in [1.82, 2.24) is 10.6 Å². The molecule has 0 fully saturated rings. The van der Waals surface area contributed by atoms with E-state index in [4.69, 9.17) is 11.5 Å². The highest BCUT2D eigenvalue weighted by Gasteiger charge is 2.46. The molecule has 4 nitrogen and oxygen atoms in total. The zero-order valence-corrected chi connectivity index (χ0v) is 38.5. The van der Waals surface area contributed by atoms with Gasteiger partial charge >= 0.3 is 0 Å². The smallest absolute Gasteiger partial charge is 0.101 e. The van der Waals surface area contributed by atoms with Crippen molar-refractivity contribution in [3.63, 3.8) is 0 Å². The first-order valence-electron chi connectivity index (χ1n) is 23.9. The van der Waals surface area contributed by atoms with Gasteiger partial charge < -0.3 is 22.1 Å². The molecule has 8 aromatic rings. The van der Waals surface area contributed by atoms with Crippen LogP contribution in [0.2, 0.25) is 0 Å². The third-order valence-corrected chi connectivity index (χ3v) is 14.0. The maximum atomic E-state index is 7.37. The molecule has 0 heterocycles. The maximum Gasteiger partial charge on any atom is 0.101 e. The van der Waals surface area contributed by atoms with E-state index in [1.54, 1.807) is 0 Å². The van der Waals surface area contributed by atoms with E-state index in [0.717, 1.165) is 45.6 Å². The third kappa shape index (κ3) is 8.42. The van der Waals surface area contributed by atoms with E-state index in [9.17, 15) is 0 Å². The van der Waals surface area contributed by atoms with Gasteiger partial charge in [-0.15, -0.1) is 0 Å². The van der Waals surface area contributed by atoms with Crippen LogP contribution in [0.15, 0.2) is 266 Å². The molecule has 8 aromatic carbocycles. The maximum absolute atomic E-state index is 7.37. The molecule has 11 rings (SSSR count). The highest BCUT2D eigenvalue weighted by molar-refractivity contribution is 5.90. The molecule has 0 amide bonds. The lowest BCUT2D eigenvalue weighted by atomic mass is 9.67. The predicted octanol–water partition coefficient (Wildman–Crippen LogP) is 13.8. The zero-order chi connectivity index (χ0) is 46.6. The Balaban J connectivity index is 0.984. The van der Waals surface area contributed by atoms with E-state index in [-0.39, 0.29) is 6.04 Å². The molecular formula is C65H54N4. The lowest BCUT2D eigenvalue weighted by Crippen LogP contribution is -2.31. The molecule has 0 aromatic heterocycles. The van der Waals surface area contributed by atoms with Gasteiger partial charge in [0.25, 0.3) is 0 Å². The second-order valence-electron chi connectivity index (χ2n) is 18.0. The van der Waals surface area contributed by atoms with Gasteiger partial charge in [0.15, 0.2) is 0 Å². The molecule has 0 saturated carbocycles. The van der Waals surface area contributed by atoms with Gasteiger partial charge in [0.05, 0.1) is 11.5 Å². The van der Waals surface area contributed by atoms with Crippen molar-refractivity contribution < 1.29 is 0 Å². The predicted molar refractivity (Wildman–Crippen MR) is 287 cm³/mol. The summed E-state index contributed by atoms with van der Waals surface area (Å²) < 4.78 is 0. The van der Waals surface area contributed by atoms with E-state index in [1.165, 1.54) is 61.2 Å². The van der Waals surface area contributed by atoms with E-state index < -0.39 is 11.6 Å². The molecule has 4 heteroatoms. The summed E-state index contributed by atoms with van der Waals surface area (Å²) in [5.41, 5.74) is 34.0. The van der Waals surface area contributed by atoms with Crippen LogP contribution >= 0.6 is 0 Å². The van der Waals surface area contributed by atoms with Crippen molar-refractivity contribution in [2.45, 2.75) is 30.6 Å². The van der Waals surface area contributed by atoms with Crippen LogP contribution in [0, 0.1) is 0 Å². The molecule has 2 unspecified atom stereocenters. The number of nitrogens with two attached hydrogens (primary N) is 2. The fourth-order valence-corrected chi connectivity index (χ4v) is 10.4. The van der Waals surface area contributed by atoms with Crippen LogP contribution in [0.3, 0.4) is 0 Å². The molecule has 3 aliphatic carbocycles. The number of rotatable bonds is 12. The highest BCUT2D eigenvalue weighted by atomic mass is 15.0. The number of allylic oxidation sites excluding steroid dienone is 7. The number of hydrogen-bond donors (Lipinski definition) is 4. The van der Waals surface area contributed by atoms with Crippen molar-refractivity contribution in [3.8, 4) is 33.4 Å². The van der Waals surface area contributed by atoms with E-state index in [2.05, 4.69) is 259 Å². The molecule has 69 heavy (non-hydrogen) atoms. The molecule has 6 N–H and O–H groups in total. The minimum Gasteiger partial charge on any atom is -0.398 e. The Kier molecular flexibility index (Phi) is 12.0. The highest BCUT2D eigenvalue weighted by Crippen LogP contribution is 2.57. The zero-order valence-electron chi connectivity index (χ0n) is 38.5. The summed E-state index contributed by atoms with van der Waals surface area (Å²) >= 11 is 0. The third-order valence-electron chi connectivity index (χ3n) is 14.0. The number of nitrogens with one attached hydrogen (secondary N) is 2. The molecule has 0 spiro atoms. The summed E-state index contributed by atoms with van der Waals surface area (Å²) in [6.07, 6.45) is 17.5. The molecular weight excluding hydrogens is 837 g/mol. The normalized spacial score (nSPS) is 17.2. The summed E-state index contributed by atoms with van der Waals surface area (Å²) in [6.45, 7) is 0.701. The van der Waals surface area contributed by atoms with Crippen LogP contribution in [0.25, 0.3) is 44.8 Å². The first-order valence-corrected chi connectivity index (χ1v) is 23.9. The molecule has 3 aliphatic rings. The van der Waals surface area contributed by atoms with Crippen LogP contribution in [-0.2, 0) is 12.0 Å². The molecule has 0 radical (unpaired) electrons. The van der Waals surface area contributed by atoms with E-state index in [0.29, 0.717) is 6.54 Å². The fraction of sp³-hybridized carbons (Fsp3) is 0.0769. The van der Waals surface area contributed by atoms with Crippen molar-refractivity contribution in [2.24, 2.45) is 11.5 Å². The first-order chi connectivity index (χ1) is 34.0. The first kappa shape index (κ1) is 43.3. The monoisotopic (exact) mass is 890 g/mol. The van der Waals surface area contributed by atoms with Gasteiger partial charge in [-0.05, 0) is 108 Å². The summed E-state index contributed by atoms with van der Waals surface area (Å²) in [7, 11) is 0. The number of hydrogen-bond acceptors (Lipinski definition) is 4. The van der Waals surface area contributed by atoms with Gasteiger partial charge in [0.1, 0.15) is 6.17 Å². The van der Waals surface area contributed by atoms with Crippen LogP contribution < -0.4 is 22.1 Å². The second kappa shape index (κ2) is 19.1. The van der Waals surface area contributed by atoms with Gasteiger partial charge in [-0.1, -0.05) is 243 Å². The summed E-state index contributed by atoms with van der Waals surface area (Å²) in [5.74, 6) is 0. The van der Waals surface area contributed by atoms with E-state index >= 15 is 0 Å². The van der Waals surface area contributed by atoms with Gasteiger partial charge in [-0.3, -0.25) is 0 Å². The Bertz CT molecular complexity index is 3270. The van der Waals surface area contributed by atoms with Gasteiger partial charge in [-0.2, -0.15) is 0 Å². The van der Waals surface area contributed by atoms with Crippen molar-refractivity contribution in [2.75, 3.05) is 0 Å². The fourth-order valence-electron chi connectivity index (χ4n) is 10.4. The lowest BCUT2D eigenvalue weighted by Gasteiger charge is -2.34. The van der Waals surface area contributed by atoms with Gasteiger partial charge in [0, 0.05) is 17.9 Å². The summed E-state index contributed by atoms with van der Waals surface area (Å²) in [5, 5.41) is 7.63. The standard InChI is InChI=1S/C65H54N4/c66-62(58-28-16-17-29-61(58)68-44-45-30-32-48(33-31-45)46-18-6-1-7-19-46)52-38-40-56-57-41-39-53(43-60(57)65(59(56)42-52,54-24-12-4-13-25-54)55-26-14-5-15-27-55)63(50-22-10-3-11-23-50)69-64(67)51-36-34-49(35-37-51)47-20-8-2-9-21-47/h1-22,24-43,61,64,68-69H,23,44,66-67H2/b62-58-,63-50-. The molecule has 0 aliphatic heterocycles. The van der Waals surface area contributed by atoms with Crippen LogP contribution in [0.1, 0.15) is 57.1 Å². The van der Waals surface area contributed by atoms with Crippen molar-refractivity contribution >= 4 is 11.4 Å². The Morgan fingerprint density at radius 1 is 0.536 bits per heavy atom. The van der Waals surface area contributed by atoms with Crippen molar-refractivity contribution in [1.29, 1.82) is 0 Å². The Morgan fingerprint density at radius 2 is 1.06 bits per heavy atom. The van der Waals surface area contributed by atoms with Crippen molar-refractivity contribution in [3.05, 3.63) is 311 Å². The van der Waals surface area contributed by atoms with Crippen LogP contribution in [0.5, 0.6) is 0 Å². The van der Waals surface area contributed by atoms with Gasteiger partial charge in [0.2, 0.25) is 0 Å². The topological polar surface area (TPSA) is 76.1 Å².